The average molecular weight is 282 g/mol. The monoisotopic (exact) mass is 282 g/mol. The lowest BCUT2D eigenvalue weighted by atomic mass is 10.1. The summed E-state index contributed by atoms with van der Waals surface area (Å²) in [5.41, 5.74) is 6.75. The molecule has 0 unspecified atom stereocenters. The molecule has 1 rings (SSSR count). The van der Waals surface area contributed by atoms with E-state index < -0.39 is 0 Å². The van der Waals surface area contributed by atoms with Crippen molar-refractivity contribution in [3.63, 3.8) is 0 Å². The number of benzene rings is 1. The minimum Gasteiger partial charge on any atom is -0.493 e. The predicted molar refractivity (Wildman–Crippen MR) is 76.0 cm³/mol. The van der Waals surface area contributed by atoms with Crippen LogP contribution in [0.1, 0.15) is 18.5 Å². The highest BCUT2D eigenvalue weighted by molar-refractivity contribution is 5.77. The second kappa shape index (κ2) is 8.39. The molecular weight excluding hydrogens is 260 g/mol. The molecule has 1 aromatic rings. The van der Waals surface area contributed by atoms with E-state index in [1.165, 1.54) is 0 Å². The summed E-state index contributed by atoms with van der Waals surface area (Å²) in [6, 6.07) is 5.32. The number of carbonyl (C=O) groups excluding carboxylic acids is 1. The van der Waals surface area contributed by atoms with Crippen molar-refractivity contribution in [2.45, 2.75) is 13.0 Å². The predicted octanol–water partition coefficient (Wildman–Crippen LogP) is 0.856. The largest absolute Gasteiger partial charge is 0.493 e. The lowest BCUT2D eigenvalue weighted by Crippen LogP contribution is -2.31. The zero-order valence-corrected chi connectivity index (χ0v) is 12.1. The number of nitrogens with one attached hydrogen (secondary N) is 1. The first-order valence-electron chi connectivity index (χ1n) is 6.40. The van der Waals surface area contributed by atoms with Crippen molar-refractivity contribution in [2.75, 3.05) is 34.0 Å². The maximum absolute atomic E-state index is 11.5. The van der Waals surface area contributed by atoms with Crippen LogP contribution in [0.25, 0.3) is 0 Å². The molecule has 0 fully saturated rings. The Hall–Kier alpha value is -1.79. The standard InChI is InChI=1S/C14H22N2O4/c1-10(15)11-4-5-12(13(8-11)19-3)20-9-14(17)16-6-7-18-2/h4-5,8,10H,6-7,9,15H2,1-3H3,(H,16,17)/t10-/m1/s1. The number of nitrogens with two attached hydrogens (primary N) is 1. The minimum atomic E-state index is -0.208. The molecule has 0 radical (unpaired) electrons. The van der Waals surface area contributed by atoms with E-state index in [0.717, 1.165) is 5.56 Å². The Balaban J connectivity index is 2.57. The second-order valence-electron chi connectivity index (χ2n) is 4.33. The van der Waals surface area contributed by atoms with E-state index in [1.54, 1.807) is 20.3 Å². The Labute approximate surface area is 119 Å². The fourth-order valence-corrected chi connectivity index (χ4v) is 1.57. The van der Waals surface area contributed by atoms with Crippen molar-refractivity contribution in [1.29, 1.82) is 0 Å². The first-order valence-corrected chi connectivity index (χ1v) is 6.40. The average Bonchev–Trinajstić information content (AvgIpc) is 2.45. The van der Waals surface area contributed by atoms with Gasteiger partial charge < -0.3 is 25.3 Å². The first-order chi connectivity index (χ1) is 9.58. The number of rotatable bonds is 8. The number of amides is 1. The third-order valence-electron chi connectivity index (χ3n) is 2.70. The van der Waals surface area contributed by atoms with E-state index in [9.17, 15) is 4.79 Å². The number of hydrogen-bond acceptors (Lipinski definition) is 5. The molecule has 20 heavy (non-hydrogen) atoms. The van der Waals surface area contributed by atoms with Gasteiger partial charge in [-0.05, 0) is 24.6 Å². The summed E-state index contributed by atoms with van der Waals surface area (Å²) < 4.78 is 15.5. The highest BCUT2D eigenvalue weighted by Crippen LogP contribution is 2.29. The van der Waals surface area contributed by atoms with Crippen molar-refractivity contribution < 1.29 is 19.0 Å². The lowest BCUT2D eigenvalue weighted by molar-refractivity contribution is -0.123. The van der Waals surface area contributed by atoms with Crippen LogP contribution in [-0.2, 0) is 9.53 Å². The summed E-state index contributed by atoms with van der Waals surface area (Å²) in [4.78, 5) is 11.5. The zero-order chi connectivity index (χ0) is 15.0. The third kappa shape index (κ3) is 5.07. The Morgan fingerprint density at radius 1 is 1.35 bits per heavy atom. The molecule has 0 aliphatic carbocycles. The molecule has 6 nitrogen and oxygen atoms in total. The van der Waals surface area contributed by atoms with E-state index in [1.807, 2.05) is 19.1 Å². The maximum Gasteiger partial charge on any atom is 0.258 e. The molecule has 0 aliphatic rings. The fourth-order valence-electron chi connectivity index (χ4n) is 1.57. The van der Waals surface area contributed by atoms with Gasteiger partial charge in [-0.2, -0.15) is 0 Å². The lowest BCUT2D eigenvalue weighted by Gasteiger charge is -2.13. The van der Waals surface area contributed by atoms with Crippen molar-refractivity contribution in [3.8, 4) is 11.5 Å². The minimum absolute atomic E-state index is 0.0718. The van der Waals surface area contributed by atoms with Gasteiger partial charge in [0.1, 0.15) is 0 Å². The molecule has 1 aromatic carbocycles. The first kappa shape index (κ1) is 16.3. The molecule has 0 saturated heterocycles. The van der Waals surface area contributed by atoms with Crippen LogP contribution in [0.3, 0.4) is 0 Å². The molecule has 0 aromatic heterocycles. The number of methoxy groups -OCH3 is 2. The van der Waals surface area contributed by atoms with Gasteiger partial charge in [0.25, 0.3) is 5.91 Å². The summed E-state index contributed by atoms with van der Waals surface area (Å²) in [6.45, 7) is 2.74. The van der Waals surface area contributed by atoms with Crippen molar-refractivity contribution in [3.05, 3.63) is 23.8 Å². The SMILES string of the molecule is COCCNC(=O)COc1ccc([C@@H](C)N)cc1OC. The number of hydrogen-bond donors (Lipinski definition) is 2. The van der Waals surface area contributed by atoms with Gasteiger partial charge in [-0.15, -0.1) is 0 Å². The van der Waals surface area contributed by atoms with E-state index >= 15 is 0 Å². The Morgan fingerprint density at radius 3 is 2.70 bits per heavy atom. The third-order valence-corrected chi connectivity index (χ3v) is 2.70. The normalized spacial score (nSPS) is 11.8. The Morgan fingerprint density at radius 2 is 2.10 bits per heavy atom. The van der Waals surface area contributed by atoms with Crippen molar-refractivity contribution in [2.24, 2.45) is 5.73 Å². The highest BCUT2D eigenvalue weighted by Gasteiger charge is 2.10. The topological polar surface area (TPSA) is 82.8 Å². The van der Waals surface area contributed by atoms with E-state index in [0.29, 0.717) is 24.7 Å². The molecule has 0 spiro atoms. The van der Waals surface area contributed by atoms with Gasteiger partial charge in [-0.3, -0.25) is 4.79 Å². The Kier molecular flexibility index (Phi) is 6.83. The van der Waals surface area contributed by atoms with E-state index in [4.69, 9.17) is 19.9 Å². The van der Waals surface area contributed by atoms with Gasteiger partial charge in [0.05, 0.1) is 13.7 Å². The van der Waals surface area contributed by atoms with Crippen molar-refractivity contribution in [1.82, 2.24) is 5.32 Å². The Bertz CT molecular complexity index is 435. The van der Waals surface area contributed by atoms with E-state index in [-0.39, 0.29) is 18.6 Å². The molecule has 0 saturated carbocycles. The van der Waals surface area contributed by atoms with Crippen LogP contribution in [0.4, 0.5) is 0 Å². The molecule has 0 heterocycles. The molecule has 3 N–H and O–H groups in total. The molecular formula is C14H22N2O4. The molecule has 0 aliphatic heterocycles. The molecule has 1 atom stereocenters. The summed E-state index contributed by atoms with van der Waals surface area (Å²) in [5, 5.41) is 2.67. The summed E-state index contributed by atoms with van der Waals surface area (Å²) in [6.07, 6.45) is 0. The van der Waals surface area contributed by atoms with Gasteiger partial charge in [-0.1, -0.05) is 6.07 Å². The molecule has 112 valence electrons. The number of ether oxygens (including phenoxy) is 3. The highest BCUT2D eigenvalue weighted by atomic mass is 16.5. The van der Waals surface area contributed by atoms with Crippen LogP contribution < -0.4 is 20.5 Å². The van der Waals surface area contributed by atoms with Crippen molar-refractivity contribution >= 4 is 5.91 Å². The van der Waals surface area contributed by atoms with Gasteiger partial charge in [0.2, 0.25) is 0 Å². The second-order valence-corrected chi connectivity index (χ2v) is 4.33. The van der Waals surface area contributed by atoms with Crippen LogP contribution >= 0.6 is 0 Å². The van der Waals surface area contributed by atoms with Crippen LogP contribution in [0, 0.1) is 0 Å². The van der Waals surface area contributed by atoms with Gasteiger partial charge in [-0.25, -0.2) is 0 Å². The molecule has 1 amide bonds. The van der Waals surface area contributed by atoms with Gasteiger partial charge >= 0.3 is 0 Å². The maximum atomic E-state index is 11.5. The van der Waals surface area contributed by atoms with Gasteiger partial charge in [0.15, 0.2) is 18.1 Å². The molecule has 0 bridgehead atoms. The fraction of sp³-hybridized carbons (Fsp3) is 0.500. The summed E-state index contributed by atoms with van der Waals surface area (Å²) >= 11 is 0. The smallest absolute Gasteiger partial charge is 0.258 e. The van der Waals surface area contributed by atoms with Crippen LogP contribution in [0.2, 0.25) is 0 Å². The molecule has 6 heteroatoms. The number of carbonyl (C=O) groups is 1. The van der Waals surface area contributed by atoms with E-state index in [2.05, 4.69) is 5.32 Å². The summed E-state index contributed by atoms with van der Waals surface area (Å²) in [5.74, 6) is 0.864. The quantitative estimate of drug-likeness (QED) is 0.691. The van der Waals surface area contributed by atoms with Gasteiger partial charge in [0, 0.05) is 19.7 Å². The summed E-state index contributed by atoms with van der Waals surface area (Å²) in [7, 11) is 3.12. The van der Waals surface area contributed by atoms with Crippen LogP contribution in [-0.4, -0.2) is 39.9 Å². The van der Waals surface area contributed by atoms with Crippen LogP contribution in [0.15, 0.2) is 18.2 Å². The van der Waals surface area contributed by atoms with Crippen LogP contribution in [0.5, 0.6) is 11.5 Å². The zero-order valence-electron chi connectivity index (χ0n) is 12.1.